The first kappa shape index (κ1) is 12.7. The summed E-state index contributed by atoms with van der Waals surface area (Å²) < 4.78 is 0. The largest absolute Gasteiger partial charge is 0.198 e. The Labute approximate surface area is 106 Å². The van der Waals surface area contributed by atoms with Crippen LogP contribution in [0.1, 0.15) is 53.4 Å². The molecule has 1 saturated carbocycles. The molecule has 0 aromatic rings. The molecule has 4 atom stereocenters. The second-order valence-electron chi connectivity index (χ2n) is 6.71. The van der Waals surface area contributed by atoms with E-state index >= 15 is 0 Å². The fourth-order valence-electron chi connectivity index (χ4n) is 4.03. The zero-order chi connectivity index (χ0) is 12.6. The fraction of sp³-hybridized carbons (Fsp3) is 0.812. The van der Waals surface area contributed by atoms with Crippen LogP contribution in [0.3, 0.4) is 0 Å². The van der Waals surface area contributed by atoms with Crippen LogP contribution in [0, 0.1) is 40.4 Å². The quantitative estimate of drug-likeness (QED) is 0.607. The van der Waals surface area contributed by atoms with Gasteiger partial charge in [-0.15, -0.1) is 0 Å². The van der Waals surface area contributed by atoms with Gasteiger partial charge in [0.25, 0.3) is 0 Å². The second kappa shape index (κ2) is 4.48. The molecule has 0 spiro atoms. The fourth-order valence-corrected chi connectivity index (χ4v) is 4.03. The summed E-state index contributed by atoms with van der Waals surface area (Å²) in [6.07, 6.45) is 7.24. The summed E-state index contributed by atoms with van der Waals surface area (Å²) in [5.41, 5.74) is 1.46. The maximum Gasteiger partial charge on any atom is 0.0689 e. The van der Waals surface area contributed by atoms with Crippen molar-refractivity contribution in [1.82, 2.24) is 0 Å². The van der Waals surface area contributed by atoms with Crippen molar-refractivity contribution < 1.29 is 0 Å². The molecule has 2 aliphatic carbocycles. The Morgan fingerprint density at radius 1 is 1.41 bits per heavy atom. The van der Waals surface area contributed by atoms with Crippen molar-refractivity contribution >= 4 is 0 Å². The molecule has 2 aliphatic rings. The second-order valence-corrected chi connectivity index (χ2v) is 6.71. The monoisotopic (exact) mass is 231 g/mol. The lowest BCUT2D eigenvalue weighted by Crippen LogP contribution is -2.43. The topological polar surface area (TPSA) is 23.8 Å². The van der Waals surface area contributed by atoms with E-state index in [4.69, 9.17) is 0 Å². The van der Waals surface area contributed by atoms with Gasteiger partial charge in [0, 0.05) is 0 Å². The standard InChI is InChI=1S/C16H25N/c1-11(2)13-7-8-16(4,10-17)15-6-5-12(3)9-14(13)15/h9,11,13-15H,5-8H2,1-4H3/t13-,14-,15+,16+/m0/s1. The Balaban J connectivity index is 2.33. The summed E-state index contributed by atoms with van der Waals surface area (Å²) in [4.78, 5) is 0. The molecule has 2 rings (SSSR count). The molecule has 0 N–H and O–H groups in total. The van der Waals surface area contributed by atoms with Crippen molar-refractivity contribution in [2.24, 2.45) is 29.1 Å². The van der Waals surface area contributed by atoms with E-state index in [1.165, 1.54) is 19.3 Å². The summed E-state index contributed by atoms with van der Waals surface area (Å²) in [6.45, 7) is 9.13. The van der Waals surface area contributed by atoms with Crippen LogP contribution >= 0.6 is 0 Å². The molecule has 0 aromatic heterocycles. The Kier molecular flexibility index (Phi) is 3.34. The van der Waals surface area contributed by atoms with Crippen molar-refractivity contribution in [3.05, 3.63) is 11.6 Å². The lowest BCUT2D eigenvalue weighted by molar-refractivity contribution is 0.0474. The molecular formula is C16H25N. The van der Waals surface area contributed by atoms with E-state index < -0.39 is 0 Å². The predicted molar refractivity (Wildman–Crippen MR) is 71.3 cm³/mol. The molecule has 0 heterocycles. The van der Waals surface area contributed by atoms with Gasteiger partial charge in [-0.3, -0.25) is 0 Å². The first-order chi connectivity index (χ1) is 7.98. The highest BCUT2D eigenvalue weighted by molar-refractivity contribution is 5.17. The van der Waals surface area contributed by atoms with Gasteiger partial charge in [0.1, 0.15) is 0 Å². The SMILES string of the molecule is CC1=C[C@@H]2[C@@H](CC1)[C@@](C)(C#N)CC[C@H]2C(C)C. The minimum Gasteiger partial charge on any atom is -0.198 e. The van der Waals surface area contributed by atoms with E-state index in [0.29, 0.717) is 11.8 Å². The number of nitriles is 1. The Bertz CT molecular complexity index is 360. The van der Waals surface area contributed by atoms with Gasteiger partial charge < -0.3 is 0 Å². The van der Waals surface area contributed by atoms with E-state index in [9.17, 15) is 5.26 Å². The number of allylic oxidation sites excluding steroid dienone is 2. The third kappa shape index (κ3) is 2.15. The number of hydrogen-bond donors (Lipinski definition) is 0. The van der Waals surface area contributed by atoms with E-state index in [0.717, 1.165) is 18.3 Å². The third-order valence-corrected chi connectivity index (χ3v) is 5.21. The van der Waals surface area contributed by atoms with Gasteiger partial charge in [0.05, 0.1) is 11.5 Å². The van der Waals surface area contributed by atoms with Crippen molar-refractivity contribution in [3.8, 4) is 6.07 Å². The summed E-state index contributed by atoms with van der Waals surface area (Å²) >= 11 is 0. The molecule has 0 saturated heterocycles. The zero-order valence-corrected chi connectivity index (χ0v) is 11.7. The molecular weight excluding hydrogens is 206 g/mol. The molecule has 17 heavy (non-hydrogen) atoms. The van der Waals surface area contributed by atoms with Crippen LogP contribution in [-0.2, 0) is 0 Å². The number of nitrogens with zero attached hydrogens (tertiary/aromatic N) is 1. The van der Waals surface area contributed by atoms with Crippen LogP contribution in [0.15, 0.2) is 11.6 Å². The molecule has 94 valence electrons. The van der Waals surface area contributed by atoms with Crippen LogP contribution < -0.4 is 0 Å². The molecule has 1 fully saturated rings. The highest BCUT2D eigenvalue weighted by Gasteiger charge is 2.47. The van der Waals surface area contributed by atoms with Crippen LogP contribution in [0.25, 0.3) is 0 Å². The molecule has 1 nitrogen and oxygen atoms in total. The van der Waals surface area contributed by atoms with Crippen LogP contribution in [0.4, 0.5) is 0 Å². The van der Waals surface area contributed by atoms with E-state index in [-0.39, 0.29) is 5.41 Å². The van der Waals surface area contributed by atoms with Gasteiger partial charge >= 0.3 is 0 Å². The number of fused-ring (bicyclic) bond motifs is 1. The smallest absolute Gasteiger partial charge is 0.0689 e. The van der Waals surface area contributed by atoms with Gasteiger partial charge in [-0.05, 0) is 63.2 Å². The summed E-state index contributed by atoms with van der Waals surface area (Å²) in [5, 5.41) is 9.51. The van der Waals surface area contributed by atoms with Crippen LogP contribution in [-0.4, -0.2) is 0 Å². The Morgan fingerprint density at radius 2 is 2.12 bits per heavy atom. The van der Waals surface area contributed by atoms with Crippen molar-refractivity contribution in [2.75, 3.05) is 0 Å². The number of rotatable bonds is 1. The van der Waals surface area contributed by atoms with Crippen LogP contribution in [0.2, 0.25) is 0 Å². The average Bonchev–Trinajstić information content (AvgIpc) is 2.28. The van der Waals surface area contributed by atoms with E-state index in [1.807, 2.05) is 0 Å². The lowest BCUT2D eigenvalue weighted by Gasteiger charge is -2.49. The maximum absolute atomic E-state index is 9.51. The summed E-state index contributed by atoms with van der Waals surface area (Å²) in [7, 11) is 0. The summed E-state index contributed by atoms with van der Waals surface area (Å²) in [6, 6.07) is 2.62. The molecule has 0 amide bonds. The average molecular weight is 231 g/mol. The minimum atomic E-state index is -0.0761. The molecule has 0 aromatic carbocycles. The molecule has 0 bridgehead atoms. The summed E-state index contributed by atoms with van der Waals surface area (Å²) in [5.74, 6) is 2.78. The lowest BCUT2D eigenvalue weighted by atomic mass is 9.54. The van der Waals surface area contributed by atoms with Gasteiger partial charge in [0.15, 0.2) is 0 Å². The molecule has 1 heteroatoms. The molecule has 0 aliphatic heterocycles. The maximum atomic E-state index is 9.51. The first-order valence-corrected chi connectivity index (χ1v) is 7.06. The van der Waals surface area contributed by atoms with Gasteiger partial charge in [-0.2, -0.15) is 5.26 Å². The minimum absolute atomic E-state index is 0.0761. The Morgan fingerprint density at radius 3 is 2.71 bits per heavy atom. The number of hydrogen-bond acceptors (Lipinski definition) is 1. The van der Waals surface area contributed by atoms with Gasteiger partial charge in [-0.25, -0.2) is 0 Å². The third-order valence-electron chi connectivity index (χ3n) is 5.21. The van der Waals surface area contributed by atoms with E-state index in [2.05, 4.69) is 39.8 Å². The Hall–Kier alpha value is -0.770. The highest BCUT2D eigenvalue weighted by atomic mass is 14.5. The van der Waals surface area contributed by atoms with Gasteiger partial charge in [-0.1, -0.05) is 25.5 Å². The van der Waals surface area contributed by atoms with E-state index in [1.54, 1.807) is 5.57 Å². The first-order valence-electron chi connectivity index (χ1n) is 7.06. The predicted octanol–water partition coefficient (Wildman–Crippen LogP) is 4.55. The van der Waals surface area contributed by atoms with Crippen molar-refractivity contribution in [1.29, 1.82) is 5.26 Å². The highest BCUT2D eigenvalue weighted by Crippen LogP contribution is 2.53. The van der Waals surface area contributed by atoms with Crippen molar-refractivity contribution in [3.63, 3.8) is 0 Å². The molecule has 0 unspecified atom stereocenters. The molecule has 0 radical (unpaired) electrons. The van der Waals surface area contributed by atoms with Crippen molar-refractivity contribution in [2.45, 2.75) is 53.4 Å². The van der Waals surface area contributed by atoms with Gasteiger partial charge in [0.2, 0.25) is 0 Å². The van der Waals surface area contributed by atoms with Crippen LogP contribution in [0.5, 0.6) is 0 Å². The zero-order valence-electron chi connectivity index (χ0n) is 11.7. The normalized spacial score (nSPS) is 41.6.